The second-order valence-corrected chi connectivity index (χ2v) is 3.55. The Morgan fingerprint density at radius 2 is 2.00 bits per heavy atom. The number of halogens is 2. The number of hydrogen-bond donors (Lipinski definition) is 2. The van der Waals surface area contributed by atoms with Crippen LogP contribution in [0, 0.1) is 11.6 Å². The minimum absolute atomic E-state index is 0.242. The van der Waals surface area contributed by atoms with Gasteiger partial charge >= 0.3 is 0 Å². The van der Waals surface area contributed by atoms with Gasteiger partial charge in [0, 0.05) is 6.07 Å². The normalized spacial score (nSPS) is 10.1. The van der Waals surface area contributed by atoms with Crippen LogP contribution in [0.4, 0.5) is 20.3 Å². The SMILES string of the molecule is Nc1ccc(NC(=O)c2ccc(F)cc2F)cn1. The topological polar surface area (TPSA) is 68.0 Å². The van der Waals surface area contributed by atoms with Gasteiger partial charge in [0.25, 0.3) is 5.91 Å². The second kappa shape index (κ2) is 4.79. The van der Waals surface area contributed by atoms with E-state index in [9.17, 15) is 13.6 Å². The number of carbonyl (C=O) groups is 1. The van der Waals surface area contributed by atoms with Crippen LogP contribution in [-0.2, 0) is 0 Å². The summed E-state index contributed by atoms with van der Waals surface area (Å²) in [5, 5.41) is 2.43. The van der Waals surface area contributed by atoms with Crippen molar-refractivity contribution in [2.75, 3.05) is 11.1 Å². The average molecular weight is 249 g/mol. The molecule has 1 aromatic carbocycles. The predicted molar refractivity (Wildman–Crippen MR) is 63.0 cm³/mol. The van der Waals surface area contributed by atoms with Crippen LogP contribution in [0.15, 0.2) is 36.5 Å². The van der Waals surface area contributed by atoms with Gasteiger partial charge in [0.05, 0.1) is 17.4 Å². The third-order valence-corrected chi connectivity index (χ3v) is 2.22. The second-order valence-electron chi connectivity index (χ2n) is 3.55. The molecule has 92 valence electrons. The summed E-state index contributed by atoms with van der Waals surface area (Å²) in [6.45, 7) is 0. The van der Waals surface area contributed by atoms with Crippen molar-refractivity contribution in [1.29, 1.82) is 0 Å². The molecule has 0 aliphatic rings. The molecule has 6 heteroatoms. The lowest BCUT2D eigenvalue weighted by Crippen LogP contribution is -2.14. The first-order valence-corrected chi connectivity index (χ1v) is 5.04. The van der Waals surface area contributed by atoms with E-state index in [0.29, 0.717) is 17.6 Å². The Kier molecular flexibility index (Phi) is 3.18. The maximum Gasteiger partial charge on any atom is 0.258 e. The molecular weight excluding hydrogens is 240 g/mol. The fourth-order valence-corrected chi connectivity index (χ4v) is 1.35. The standard InChI is InChI=1S/C12H9F2N3O/c13-7-1-3-9(10(14)5-7)12(18)17-8-2-4-11(15)16-6-8/h1-6H,(H2,15,16)(H,17,18). The zero-order valence-electron chi connectivity index (χ0n) is 9.15. The number of benzene rings is 1. The summed E-state index contributed by atoms with van der Waals surface area (Å²) in [7, 11) is 0. The van der Waals surface area contributed by atoms with Crippen molar-refractivity contribution >= 4 is 17.4 Å². The Bertz CT molecular complexity index is 584. The number of carbonyl (C=O) groups excluding carboxylic acids is 1. The number of amides is 1. The highest BCUT2D eigenvalue weighted by atomic mass is 19.1. The van der Waals surface area contributed by atoms with E-state index in [0.717, 1.165) is 12.1 Å². The van der Waals surface area contributed by atoms with E-state index in [4.69, 9.17) is 5.73 Å². The Balaban J connectivity index is 2.19. The van der Waals surface area contributed by atoms with Crippen LogP contribution in [-0.4, -0.2) is 10.9 Å². The number of nitrogens with two attached hydrogens (primary N) is 1. The van der Waals surface area contributed by atoms with Crippen LogP contribution in [0.3, 0.4) is 0 Å². The lowest BCUT2D eigenvalue weighted by atomic mass is 10.2. The molecule has 2 aromatic rings. The molecule has 0 radical (unpaired) electrons. The van der Waals surface area contributed by atoms with Gasteiger partial charge in [-0.25, -0.2) is 13.8 Å². The first kappa shape index (κ1) is 12.0. The van der Waals surface area contributed by atoms with Crippen LogP contribution >= 0.6 is 0 Å². The lowest BCUT2D eigenvalue weighted by Gasteiger charge is -2.05. The van der Waals surface area contributed by atoms with Gasteiger partial charge in [0.2, 0.25) is 0 Å². The summed E-state index contributed by atoms with van der Waals surface area (Å²) in [4.78, 5) is 15.5. The number of hydrogen-bond acceptors (Lipinski definition) is 3. The number of nitrogen functional groups attached to an aromatic ring is 1. The predicted octanol–water partition coefficient (Wildman–Crippen LogP) is 2.19. The molecule has 0 aliphatic carbocycles. The minimum atomic E-state index is -0.920. The van der Waals surface area contributed by atoms with Gasteiger partial charge in [-0.05, 0) is 24.3 Å². The van der Waals surface area contributed by atoms with Crippen LogP contribution in [0.2, 0.25) is 0 Å². The van der Waals surface area contributed by atoms with Gasteiger partial charge in [-0.15, -0.1) is 0 Å². The van der Waals surface area contributed by atoms with E-state index in [1.54, 1.807) is 0 Å². The van der Waals surface area contributed by atoms with Crippen LogP contribution in [0.25, 0.3) is 0 Å². The van der Waals surface area contributed by atoms with Crippen molar-refractivity contribution in [3.63, 3.8) is 0 Å². The van der Waals surface area contributed by atoms with E-state index in [2.05, 4.69) is 10.3 Å². The Labute approximate surface area is 101 Å². The van der Waals surface area contributed by atoms with Crippen molar-refractivity contribution in [2.24, 2.45) is 0 Å². The van der Waals surface area contributed by atoms with E-state index in [1.807, 2.05) is 0 Å². The highest BCUT2D eigenvalue weighted by molar-refractivity contribution is 6.04. The molecule has 4 nitrogen and oxygen atoms in total. The first-order chi connectivity index (χ1) is 8.56. The molecule has 0 fully saturated rings. The van der Waals surface area contributed by atoms with E-state index >= 15 is 0 Å². The van der Waals surface area contributed by atoms with Gasteiger partial charge in [0.15, 0.2) is 0 Å². The third-order valence-electron chi connectivity index (χ3n) is 2.22. The third kappa shape index (κ3) is 2.60. The molecule has 1 aromatic heterocycles. The molecule has 0 unspecified atom stereocenters. The quantitative estimate of drug-likeness (QED) is 0.857. The van der Waals surface area contributed by atoms with Gasteiger partial charge in [0.1, 0.15) is 17.5 Å². The van der Waals surface area contributed by atoms with Crippen molar-refractivity contribution in [3.05, 3.63) is 53.7 Å². The summed E-state index contributed by atoms with van der Waals surface area (Å²) in [6, 6.07) is 5.76. The number of rotatable bonds is 2. The minimum Gasteiger partial charge on any atom is -0.384 e. The first-order valence-electron chi connectivity index (χ1n) is 5.04. The maximum atomic E-state index is 13.3. The van der Waals surface area contributed by atoms with Gasteiger partial charge in [-0.2, -0.15) is 0 Å². The van der Waals surface area contributed by atoms with Gasteiger partial charge < -0.3 is 11.1 Å². The summed E-state index contributed by atoms with van der Waals surface area (Å²) in [6.07, 6.45) is 1.34. The number of pyridine rings is 1. The fourth-order valence-electron chi connectivity index (χ4n) is 1.35. The van der Waals surface area contributed by atoms with E-state index < -0.39 is 17.5 Å². The van der Waals surface area contributed by atoms with Gasteiger partial charge in [-0.1, -0.05) is 0 Å². The molecule has 0 atom stereocenters. The van der Waals surface area contributed by atoms with Crippen LogP contribution in [0.1, 0.15) is 10.4 Å². The molecule has 0 bridgehead atoms. The molecule has 0 saturated heterocycles. The molecule has 0 spiro atoms. The van der Waals surface area contributed by atoms with Crippen LogP contribution in [0.5, 0.6) is 0 Å². The number of anilines is 2. The molecule has 1 amide bonds. The number of nitrogens with one attached hydrogen (secondary N) is 1. The van der Waals surface area contributed by atoms with Crippen molar-refractivity contribution in [3.8, 4) is 0 Å². The number of nitrogens with zero attached hydrogens (tertiary/aromatic N) is 1. The highest BCUT2D eigenvalue weighted by Gasteiger charge is 2.12. The molecule has 0 saturated carbocycles. The molecule has 2 rings (SSSR count). The molecular formula is C12H9F2N3O. The van der Waals surface area contributed by atoms with E-state index in [-0.39, 0.29) is 5.56 Å². The van der Waals surface area contributed by atoms with E-state index in [1.165, 1.54) is 18.3 Å². The lowest BCUT2D eigenvalue weighted by molar-refractivity contribution is 0.102. The van der Waals surface area contributed by atoms with Crippen molar-refractivity contribution in [1.82, 2.24) is 4.98 Å². The number of aromatic nitrogens is 1. The molecule has 18 heavy (non-hydrogen) atoms. The molecule has 3 N–H and O–H groups in total. The smallest absolute Gasteiger partial charge is 0.258 e. The van der Waals surface area contributed by atoms with Crippen LogP contribution < -0.4 is 11.1 Å². The maximum absolute atomic E-state index is 13.3. The summed E-state index contributed by atoms with van der Waals surface area (Å²) in [5.41, 5.74) is 5.51. The van der Waals surface area contributed by atoms with Crippen molar-refractivity contribution < 1.29 is 13.6 Å². The Morgan fingerprint density at radius 3 is 2.61 bits per heavy atom. The summed E-state index contributed by atoms with van der Waals surface area (Å²) < 4.78 is 26.0. The summed E-state index contributed by atoms with van der Waals surface area (Å²) >= 11 is 0. The highest BCUT2D eigenvalue weighted by Crippen LogP contribution is 2.13. The molecule has 0 aliphatic heterocycles. The fraction of sp³-hybridized carbons (Fsp3) is 0. The molecule has 1 heterocycles. The van der Waals surface area contributed by atoms with Gasteiger partial charge in [-0.3, -0.25) is 4.79 Å². The Hall–Kier alpha value is -2.50. The zero-order chi connectivity index (χ0) is 13.1. The summed E-state index contributed by atoms with van der Waals surface area (Å²) in [5.74, 6) is -2.03. The largest absolute Gasteiger partial charge is 0.384 e. The Morgan fingerprint density at radius 1 is 1.22 bits per heavy atom. The monoisotopic (exact) mass is 249 g/mol. The zero-order valence-corrected chi connectivity index (χ0v) is 9.15. The average Bonchev–Trinajstić information content (AvgIpc) is 2.32. The van der Waals surface area contributed by atoms with Crippen molar-refractivity contribution in [2.45, 2.75) is 0 Å².